The monoisotopic (exact) mass is 614 g/mol. The summed E-state index contributed by atoms with van der Waals surface area (Å²) in [6.45, 7) is 2.75. The van der Waals surface area contributed by atoms with E-state index in [2.05, 4.69) is 37.2 Å². The molecule has 0 atom stereocenters. The van der Waals surface area contributed by atoms with Crippen LogP contribution in [0.4, 0.5) is 5.69 Å². The molecule has 0 aliphatic carbocycles. The number of rotatable bonds is 7. The molecule has 1 aliphatic rings. The average molecular weight is 616 g/mol. The van der Waals surface area contributed by atoms with Gasteiger partial charge in [0.25, 0.3) is 11.8 Å². The van der Waals surface area contributed by atoms with Crippen LogP contribution in [0.2, 0.25) is 0 Å². The second kappa shape index (κ2) is 11.2. The first-order valence-electron chi connectivity index (χ1n) is 10.7. The van der Waals surface area contributed by atoms with Crippen molar-refractivity contribution >= 4 is 72.8 Å². The minimum atomic E-state index is -0.561. The summed E-state index contributed by atoms with van der Waals surface area (Å²) in [4.78, 5) is 27.3. The van der Waals surface area contributed by atoms with Crippen LogP contribution in [0.15, 0.2) is 81.2 Å². The average Bonchev–Trinajstić information content (AvgIpc) is 2.82. The van der Waals surface area contributed by atoms with Crippen molar-refractivity contribution in [2.45, 2.75) is 13.5 Å². The molecule has 0 saturated carbocycles. The molecular weight excluding hydrogens is 596 g/mol. The number of nitrogens with one attached hydrogen (secondary N) is 1. The van der Waals surface area contributed by atoms with Gasteiger partial charge >= 0.3 is 0 Å². The van der Waals surface area contributed by atoms with Crippen molar-refractivity contribution in [1.82, 2.24) is 5.32 Å². The summed E-state index contributed by atoms with van der Waals surface area (Å²) < 4.78 is 12.8. The summed E-state index contributed by atoms with van der Waals surface area (Å²) in [6, 6.07) is 20.4. The third-order valence-electron chi connectivity index (χ3n) is 5.05. The van der Waals surface area contributed by atoms with E-state index in [1.165, 1.54) is 11.0 Å². The summed E-state index contributed by atoms with van der Waals surface area (Å²) >= 11 is 12.4. The fraction of sp³-hybridized carbons (Fsp3) is 0.115. The van der Waals surface area contributed by atoms with E-state index in [-0.39, 0.29) is 10.7 Å². The highest BCUT2D eigenvalue weighted by Crippen LogP contribution is 2.36. The van der Waals surface area contributed by atoms with Crippen molar-refractivity contribution in [1.29, 1.82) is 0 Å². The van der Waals surface area contributed by atoms with Gasteiger partial charge in [0.15, 0.2) is 5.11 Å². The van der Waals surface area contributed by atoms with Gasteiger partial charge in [-0.1, -0.05) is 36.4 Å². The fourth-order valence-electron chi connectivity index (χ4n) is 3.47. The maximum atomic E-state index is 13.3. The van der Waals surface area contributed by atoms with E-state index in [0.29, 0.717) is 44.9 Å². The summed E-state index contributed by atoms with van der Waals surface area (Å²) in [5.74, 6) is 0.130. The van der Waals surface area contributed by atoms with Gasteiger partial charge in [0.2, 0.25) is 0 Å². The molecule has 2 amide bonds. The van der Waals surface area contributed by atoms with Crippen LogP contribution in [0.5, 0.6) is 11.5 Å². The third-order valence-corrected chi connectivity index (χ3v) is 6.51. The Morgan fingerprint density at radius 2 is 1.69 bits per heavy atom. The lowest BCUT2D eigenvalue weighted by Gasteiger charge is -2.29. The van der Waals surface area contributed by atoms with E-state index in [1.807, 2.05) is 37.3 Å². The number of ether oxygens (including phenoxy) is 2. The van der Waals surface area contributed by atoms with E-state index in [9.17, 15) is 9.59 Å². The lowest BCUT2D eigenvalue weighted by Crippen LogP contribution is -2.54. The molecule has 4 rings (SSSR count). The molecule has 6 nitrogen and oxygen atoms in total. The van der Waals surface area contributed by atoms with Crippen LogP contribution in [0.1, 0.15) is 18.1 Å². The molecule has 178 valence electrons. The zero-order valence-corrected chi connectivity index (χ0v) is 22.6. The number of carbonyl (C=O) groups excluding carboxylic acids is 2. The minimum Gasteiger partial charge on any atom is -0.494 e. The molecule has 0 unspecified atom stereocenters. The van der Waals surface area contributed by atoms with Gasteiger partial charge in [0.05, 0.1) is 21.2 Å². The molecule has 1 saturated heterocycles. The maximum absolute atomic E-state index is 13.3. The van der Waals surface area contributed by atoms with Gasteiger partial charge in [-0.15, -0.1) is 0 Å². The number of thiocarbonyl (C=S) groups is 1. The Bertz CT molecular complexity index is 1300. The highest BCUT2D eigenvalue weighted by Gasteiger charge is 2.34. The maximum Gasteiger partial charge on any atom is 0.270 e. The Morgan fingerprint density at radius 3 is 2.37 bits per heavy atom. The second-order valence-corrected chi connectivity index (χ2v) is 9.57. The van der Waals surface area contributed by atoms with Crippen LogP contribution < -0.4 is 19.7 Å². The fourth-order valence-corrected chi connectivity index (χ4v) is 5.20. The van der Waals surface area contributed by atoms with Gasteiger partial charge < -0.3 is 9.47 Å². The van der Waals surface area contributed by atoms with Crippen LogP contribution in [-0.4, -0.2) is 23.5 Å². The Balaban J connectivity index is 1.61. The van der Waals surface area contributed by atoms with Crippen molar-refractivity contribution in [3.05, 3.63) is 92.4 Å². The first kappa shape index (κ1) is 25.1. The van der Waals surface area contributed by atoms with E-state index in [1.54, 1.807) is 36.4 Å². The van der Waals surface area contributed by atoms with Crippen molar-refractivity contribution in [2.75, 3.05) is 11.5 Å². The zero-order chi connectivity index (χ0) is 24.9. The highest BCUT2D eigenvalue weighted by molar-refractivity contribution is 9.11. The normalized spacial score (nSPS) is 14.8. The molecule has 3 aromatic rings. The van der Waals surface area contributed by atoms with Crippen molar-refractivity contribution in [3.63, 3.8) is 0 Å². The van der Waals surface area contributed by atoms with Crippen molar-refractivity contribution in [2.24, 2.45) is 0 Å². The van der Waals surface area contributed by atoms with Crippen molar-refractivity contribution < 1.29 is 19.1 Å². The summed E-state index contributed by atoms with van der Waals surface area (Å²) in [5, 5.41) is 2.61. The second-order valence-electron chi connectivity index (χ2n) is 7.48. The number of amides is 2. The number of carbonyl (C=O) groups is 2. The van der Waals surface area contributed by atoms with Gasteiger partial charge in [-0.2, -0.15) is 0 Å². The molecule has 1 aliphatic heterocycles. The van der Waals surface area contributed by atoms with Crippen LogP contribution in [-0.2, 0) is 16.2 Å². The van der Waals surface area contributed by atoms with Crippen molar-refractivity contribution in [3.8, 4) is 11.5 Å². The quantitative estimate of drug-likeness (QED) is 0.200. The first-order chi connectivity index (χ1) is 16.9. The van der Waals surface area contributed by atoms with E-state index in [4.69, 9.17) is 21.7 Å². The molecule has 1 fully saturated rings. The molecule has 35 heavy (non-hydrogen) atoms. The first-order valence-corrected chi connectivity index (χ1v) is 12.7. The van der Waals surface area contributed by atoms with Gasteiger partial charge in [0, 0.05) is 6.07 Å². The number of hydrogen-bond donors (Lipinski definition) is 1. The molecular formula is C26H20Br2N2O4S. The smallest absolute Gasteiger partial charge is 0.270 e. The minimum absolute atomic E-state index is 0.0119. The topological polar surface area (TPSA) is 67.9 Å². The Labute approximate surface area is 225 Å². The lowest BCUT2D eigenvalue weighted by atomic mass is 10.1. The molecule has 0 spiro atoms. The summed E-state index contributed by atoms with van der Waals surface area (Å²) in [6.07, 6.45) is 1.52. The van der Waals surface area contributed by atoms with E-state index in [0.717, 1.165) is 5.56 Å². The number of benzene rings is 3. The Hall–Kier alpha value is -3.01. The van der Waals surface area contributed by atoms with E-state index >= 15 is 0 Å². The van der Waals surface area contributed by atoms with Crippen LogP contribution >= 0.6 is 44.1 Å². The predicted octanol–water partition coefficient (Wildman–Crippen LogP) is 6.02. The number of halogens is 2. The summed E-state index contributed by atoms with van der Waals surface area (Å²) in [7, 11) is 0. The van der Waals surface area contributed by atoms with Gasteiger partial charge in [0.1, 0.15) is 23.7 Å². The SMILES string of the molecule is CCOc1cccc(N2C(=O)/C(=C/c3cc(Br)c(OCc4ccccc4)c(Br)c3)C(=O)NC2=S)c1. The zero-order valence-electron chi connectivity index (χ0n) is 18.6. The number of nitrogens with zero attached hydrogens (tertiary/aromatic N) is 1. The van der Waals surface area contributed by atoms with Gasteiger partial charge in [-0.05, 0) is 92.5 Å². The van der Waals surface area contributed by atoms with Crippen LogP contribution in [0.25, 0.3) is 6.08 Å². The molecule has 0 radical (unpaired) electrons. The van der Waals surface area contributed by atoms with Gasteiger partial charge in [-0.25, -0.2) is 0 Å². The molecule has 1 N–H and O–H groups in total. The molecule has 3 aromatic carbocycles. The van der Waals surface area contributed by atoms with E-state index < -0.39 is 11.8 Å². The Morgan fingerprint density at radius 1 is 0.971 bits per heavy atom. The highest BCUT2D eigenvalue weighted by atomic mass is 79.9. The summed E-state index contributed by atoms with van der Waals surface area (Å²) in [5.41, 5.74) is 2.12. The molecule has 0 bridgehead atoms. The molecule has 9 heteroatoms. The largest absolute Gasteiger partial charge is 0.494 e. The van der Waals surface area contributed by atoms with Crippen LogP contribution in [0, 0.1) is 0 Å². The molecule has 0 aromatic heterocycles. The lowest BCUT2D eigenvalue weighted by molar-refractivity contribution is -0.122. The number of hydrogen-bond acceptors (Lipinski definition) is 5. The third kappa shape index (κ3) is 5.80. The molecule has 1 heterocycles. The number of anilines is 1. The Kier molecular flexibility index (Phi) is 8.00. The predicted molar refractivity (Wildman–Crippen MR) is 146 cm³/mol. The standard InChI is InChI=1S/C26H20Br2N2O4S/c1-2-33-19-10-6-9-18(14-19)30-25(32)20(24(31)29-26(30)35)11-17-12-21(27)23(22(28)13-17)34-15-16-7-4-3-5-8-16/h3-14H,2,15H2,1H3,(H,29,31,35)/b20-11+. The van der Waals surface area contributed by atoms with Gasteiger partial charge in [-0.3, -0.25) is 19.8 Å². The van der Waals surface area contributed by atoms with Crippen LogP contribution in [0.3, 0.4) is 0 Å².